The molecule has 0 spiro atoms. The Morgan fingerprint density at radius 1 is 1.02 bits per heavy atom. The van der Waals surface area contributed by atoms with Gasteiger partial charge in [-0.25, -0.2) is 0 Å². The maximum atomic E-state index is 13.2. The number of carbonyl (C=O) groups excluding carboxylic acids is 5. The number of piperidine rings is 1. The summed E-state index contributed by atoms with van der Waals surface area (Å²) in [6, 6.07) is 16.8. The molecule has 2 N–H and O–H groups in total. The van der Waals surface area contributed by atoms with Gasteiger partial charge in [0.15, 0.2) is 0 Å². The number of carbonyl (C=O) groups is 5. The van der Waals surface area contributed by atoms with Crippen LogP contribution in [0.2, 0.25) is 0 Å². The van der Waals surface area contributed by atoms with Crippen molar-refractivity contribution in [1.82, 2.24) is 20.5 Å². The van der Waals surface area contributed by atoms with Crippen molar-refractivity contribution < 1.29 is 28.4 Å². The van der Waals surface area contributed by atoms with Gasteiger partial charge in [-0.3, -0.25) is 39.2 Å². The lowest BCUT2D eigenvalue weighted by atomic mass is 10.0. The van der Waals surface area contributed by atoms with Crippen LogP contribution < -0.4 is 10.6 Å². The molecule has 5 amide bonds. The standard InChI is InChI=1S/C35H30N4O6/c40-29(37-32(24-13-9-19-36-21-24)28-20-23-11-6-7-15-27(23)45-28)16-5-3-1-2-4-10-22-12-8-14-25-31(22)35(44)39(34(25)43)26-17-18-30(41)38-33(26)42/h6-9,11-15,19-21,26,32H,1-3,5,16-18H2,(H,37,40)(H,38,41,42). The number of rotatable bonds is 9. The van der Waals surface area contributed by atoms with Crippen LogP contribution >= 0.6 is 0 Å². The average molecular weight is 603 g/mol. The highest BCUT2D eigenvalue weighted by atomic mass is 16.3. The highest BCUT2D eigenvalue weighted by Gasteiger charge is 2.45. The fraction of sp³-hybridized carbons (Fsp3) is 0.257. The Bertz CT molecular complexity index is 1840. The van der Waals surface area contributed by atoms with Crippen LogP contribution in [-0.4, -0.2) is 45.5 Å². The minimum absolute atomic E-state index is 0.0600. The molecule has 0 aliphatic carbocycles. The molecule has 1 fully saturated rings. The van der Waals surface area contributed by atoms with Crippen LogP contribution in [-0.2, 0) is 14.4 Å². The summed E-state index contributed by atoms with van der Waals surface area (Å²) in [5, 5.41) is 6.25. The second kappa shape index (κ2) is 13.0. The third kappa shape index (κ3) is 6.24. The molecule has 6 rings (SSSR count). The molecule has 2 atom stereocenters. The molecule has 0 bridgehead atoms. The van der Waals surface area contributed by atoms with Crippen molar-refractivity contribution in [3.63, 3.8) is 0 Å². The Labute approximate surface area is 259 Å². The molecule has 2 unspecified atom stereocenters. The number of hydrogen-bond acceptors (Lipinski definition) is 7. The summed E-state index contributed by atoms with van der Waals surface area (Å²) in [5.41, 5.74) is 2.39. The molecule has 2 aliphatic rings. The van der Waals surface area contributed by atoms with Crippen LogP contribution in [0, 0.1) is 11.8 Å². The zero-order valence-electron chi connectivity index (χ0n) is 24.4. The quantitative estimate of drug-likeness (QED) is 0.164. The molecular formula is C35H30N4O6. The molecule has 2 aromatic carbocycles. The van der Waals surface area contributed by atoms with E-state index in [1.165, 1.54) is 0 Å². The first-order valence-corrected chi connectivity index (χ1v) is 14.9. The molecule has 4 aromatic rings. The maximum absolute atomic E-state index is 13.2. The number of benzene rings is 2. The number of imide groups is 2. The minimum Gasteiger partial charge on any atom is -0.459 e. The number of aromatic nitrogens is 1. The first-order valence-electron chi connectivity index (χ1n) is 14.9. The summed E-state index contributed by atoms with van der Waals surface area (Å²) in [7, 11) is 0. The van der Waals surface area contributed by atoms with Crippen molar-refractivity contribution in [2.24, 2.45) is 0 Å². The highest BCUT2D eigenvalue weighted by molar-refractivity contribution is 6.24. The van der Waals surface area contributed by atoms with Crippen LogP contribution in [0.25, 0.3) is 11.0 Å². The molecule has 1 saturated heterocycles. The van der Waals surface area contributed by atoms with Crippen molar-refractivity contribution in [1.29, 1.82) is 0 Å². The number of hydrogen-bond donors (Lipinski definition) is 2. The van der Waals surface area contributed by atoms with E-state index in [0.29, 0.717) is 30.6 Å². The molecule has 2 aromatic heterocycles. The number of para-hydroxylation sites is 1. The smallest absolute Gasteiger partial charge is 0.263 e. The Kier molecular flexibility index (Phi) is 8.51. The van der Waals surface area contributed by atoms with Crippen LogP contribution in [0.3, 0.4) is 0 Å². The summed E-state index contributed by atoms with van der Waals surface area (Å²) >= 11 is 0. The van der Waals surface area contributed by atoms with E-state index in [9.17, 15) is 24.0 Å². The second-order valence-electron chi connectivity index (χ2n) is 11.0. The Hall–Kier alpha value is -5.56. The van der Waals surface area contributed by atoms with Crippen molar-refractivity contribution in [3.05, 3.63) is 101 Å². The summed E-state index contributed by atoms with van der Waals surface area (Å²) in [5.74, 6) is 4.43. The van der Waals surface area contributed by atoms with Gasteiger partial charge in [0.05, 0.1) is 11.1 Å². The number of furan rings is 1. The lowest BCUT2D eigenvalue weighted by molar-refractivity contribution is -0.136. The molecule has 10 nitrogen and oxygen atoms in total. The number of fused-ring (bicyclic) bond motifs is 2. The van der Waals surface area contributed by atoms with Crippen molar-refractivity contribution in [3.8, 4) is 11.8 Å². The Balaban J connectivity index is 1.02. The predicted molar refractivity (Wildman–Crippen MR) is 164 cm³/mol. The minimum atomic E-state index is -1.02. The Morgan fingerprint density at radius 3 is 2.69 bits per heavy atom. The fourth-order valence-electron chi connectivity index (χ4n) is 5.70. The topological polar surface area (TPSA) is 139 Å². The molecule has 10 heteroatoms. The van der Waals surface area contributed by atoms with Gasteiger partial charge in [-0.15, -0.1) is 0 Å². The van der Waals surface area contributed by atoms with Gasteiger partial charge in [0.1, 0.15) is 23.4 Å². The first-order chi connectivity index (χ1) is 21.9. The van der Waals surface area contributed by atoms with Gasteiger partial charge >= 0.3 is 0 Å². The van der Waals surface area contributed by atoms with E-state index >= 15 is 0 Å². The van der Waals surface area contributed by atoms with Gasteiger partial charge in [-0.1, -0.05) is 48.6 Å². The zero-order chi connectivity index (χ0) is 31.3. The van der Waals surface area contributed by atoms with Gasteiger partial charge in [-0.05, 0) is 49.6 Å². The molecule has 226 valence electrons. The molecule has 0 radical (unpaired) electrons. The van der Waals surface area contributed by atoms with Crippen LogP contribution in [0.1, 0.15) is 88.6 Å². The predicted octanol–water partition coefficient (Wildman–Crippen LogP) is 4.44. The molecular weight excluding hydrogens is 572 g/mol. The average Bonchev–Trinajstić information content (AvgIpc) is 3.58. The lowest BCUT2D eigenvalue weighted by Gasteiger charge is -2.27. The SMILES string of the molecule is O=C1CCC(N2C(=O)c3cccc(C#CCCCCCC(=O)NC(c4cccnc4)c4cc5ccccc5o4)c3C2=O)C(=O)N1. The third-order valence-corrected chi connectivity index (χ3v) is 7.95. The first kappa shape index (κ1) is 29.5. The fourth-order valence-corrected chi connectivity index (χ4v) is 5.70. The largest absolute Gasteiger partial charge is 0.459 e. The summed E-state index contributed by atoms with van der Waals surface area (Å²) in [4.78, 5) is 68.2. The van der Waals surface area contributed by atoms with Crippen LogP contribution in [0.4, 0.5) is 0 Å². The normalized spacial score (nSPS) is 16.6. The van der Waals surface area contributed by atoms with Crippen molar-refractivity contribution in [2.45, 2.75) is 57.0 Å². The van der Waals surface area contributed by atoms with E-state index in [-0.39, 0.29) is 29.9 Å². The van der Waals surface area contributed by atoms with E-state index in [2.05, 4.69) is 27.5 Å². The van der Waals surface area contributed by atoms with Crippen LogP contribution in [0.15, 0.2) is 77.5 Å². The van der Waals surface area contributed by atoms with Crippen LogP contribution in [0.5, 0.6) is 0 Å². The lowest BCUT2D eigenvalue weighted by Crippen LogP contribution is -2.54. The second-order valence-corrected chi connectivity index (χ2v) is 11.0. The highest BCUT2D eigenvalue weighted by Crippen LogP contribution is 2.30. The number of unbranched alkanes of at least 4 members (excludes halogenated alkanes) is 3. The van der Waals surface area contributed by atoms with E-state index in [1.54, 1.807) is 30.6 Å². The molecule has 45 heavy (non-hydrogen) atoms. The van der Waals surface area contributed by atoms with Crippen molar-refractivity contribution >= 4 is 40.5 Å². The molecule has 2 aliphatic heterocycles. The van der Waals surface area contributed by atoms with Gasteiger partial charge in [0, 0.05) is 48.2 Å². The zero-order valence-corrected chi connectivity index (χ0v) is 24.4. The van der Waals surface area contributed by atoms with Gasteiger partial charge in [0.2, 0.25) is 17.7 Å². The van der Waals surface area contributed by atoms with E-state index in [4.69, 9.17) is 4.42 Å². The summed E-state index contributed by atoms with van der Waals surface area (Å²) in [6.45, 7) is 0. The van der Waals surface area contributed by atoms with E-state index in [1.807, 2.05) is 42.5 Å². The monoisotopic (exact) mass is 602 g/mol. The number of nitrogens with one attached hydrogen (secondary N) is 2. The Morgan fingerprint density at radius 2 is 1.89 bits per heavy atom. The number of pyridine rings is 1. The van der Waals surface area contributed by atoms with Gasteiger partial charge in [0.25, 0.3) is 11.8 Å². The van der Waals surface area contributed by atoms with Gasteiger partial charge in [-0.2, -0.15) is 0 Å². The summed E-state index contributed by atoms with van der Waals surface area (Å²) < 4.78 is 6.05. The number of nitrogens with zero attached hydrogens (tertiary/aromatic N) is 2. The van der Waals surface area contributed by atoms with Crippen molar-refractivity contribution in [2.75, 3.05) is 0 Å². The maximum Gasteiger partial charge on any atom is 0.263 e. The van der Waals surface area contributed by atoms with E-state index < -0.39 is 35.7 Å². The third-order valence-electron chi connectivity index (χ3n) is 7.95. The summed E-state index contributed by atoms with van der Waals surface area (Å²) in [6.07, 6.45) is 6.63. The number of amides is 5. The molecule has 4 heterocycles. The van der Waals surface area contributed by atoms with Gasteiger partial charge < -0.3 is 9.73 Å². The molecule has 0 saturated carbocycles. The van der Waals surface area contributed by atoms with E-state index in [0.717, 1.165) is 34.3 Å².